The molecular formula is C21H24N2O4S. The number of carbonyl (C=O) groups excluding carboxylic acids is 2. The van der Waals surface area contributed by atoms with Gasteiger partial charge in [-0.25, -0.2) is 13.3 Å². The van der Waals surface area contributed by atoms with Crippen molar-refractivity contribution >= 4 is 27.5 Å². The Morgan fingerprint density at radius 1 is 0.964 bits per heavy atom. The molecule has 0 spiro atoms. The van der Waals surface area contributed by atoms with E-state index in [1.165, 1.54) is 16.4 Å². The largest absolute Gasteiger partial charge is 0.274 e. The van der Waals surface area contributed by atoms with Crippen LogP contribution in [0.4, 0.5) is 5.69 Å². The van der Waals surface area contributed by atoms with Crippen LogP contribution in [-0.2, 0) is 19.6 Å². The van der Waals surface area contributed by atoms with Crippen LogP contribution in [-0.4, -0.2) is 36.1 Å². The van der Waals surface area contributed by atoms with Crippen LogP contribution in [0.2, 0.25) is 0 Å². The van der Waals surface area contributed by atoms with Crippen molar-refractivity contribution in [1.29, 1.82) is 0 Å². The first-order chi connectivity index (χ1) is 13.0. The van der Waals surface area contributed by atoms with Crippen molar-refractivity contribution in [2.75, 3.05) is 4.90 Å². The van der Waals surface area contributed by atoms with Gasteiger partial charge in [-0.1, -0.05) is 35.9 Å². The number of benzene rings is 2. The van der Waals surface area contributed by atoms with E-state index in [0.29, 0.717) is 5.69 Å². The van der Waals surface area contributed by atoms with Crippen molar-refractivity contribution in [1.82, 2.24) is 4.31 Å². The Bertz CT molecular complexity index is 993. The highest BCUT2D eigenvalue weighted by molar-refractivity contribution is 7.89. The SMILES string of the molecule is Cc1ccc(N2C(=O)CC(N(C(C)(C)C)S(=O)(=O)c3ccccc3)C2=O)cc1. The third-order valence-electron chi connectivity index (χ3n) is 4.66. The minimum Gasteiger partial charge on any atom is -0.274 e. The molecule has 28 heavy (non-hydrogen) atoms. The van der Waals surface area contributed by atoms with Gasteiger partial charge in [0.1, 0.15) is 6.04 Å². The fourth-order valence-electron chi connectivity index (χ4n) is 3.47. The van der Waals surface area contributed by atoms with Gasteiger partial charge in [0.05, 0.1) is 17.0 Å². The maximum absolute atomic E-state index is 13.3. The van der Waals surface area contributed by atoms with Gasteiger partial charge in [-0.15, -0.1) is 0 Å². The second-order valence-corrected chi connectivity index (χ2v) is 9.72. The van der Waals surface area contributed by atoms with Crippen molar-refractivity contribution < 1.29 is 18.0 Å². The highest BCUT2D eigenvalue weighted by Gasteiger charge is 2.50. The fourth-order valence-corrected chi connectivity index (χ4v) is 5.41. The van der Waals surface area contributed by atoms with E-state index >= 15 is 0 Å². The maximum Gasteiger partial charge on any atom is 0.252 e. The molecule has 0 N–H and O–H groups in total. The molecule has 1 unspecified atom stereocenters. The number of sulfonamides is 1. The zero-order valence-electron chi connectivity index (χ0n) is 16.4. The molecule has 0 aromatic heterocycles. The average Bonchev–Trinajstić information content (AvgIpc) is 2.89. The fraction of sp³-hybridized carbons (Fsp3) is 0.333. The predicted octanol–water partition coefficient (Wildman–Crippen LogP) is 3.12. The van der Waals surface area contributed by atoms with E-state index in [4.69, 9.17) is 0 Å². The molecule has 7 heteroatoms. The number of nitrogens with zero attached hydrogens (tertiary/aromatic N) is 2. The number of imide groups is 1. The summed E-state index contributed by atoms with van der Waals surface area (Å²) >= 11 is 0. The Kier molecular flexibility index (Phi) is 5.16. The number of anilines is 1. The van der Waals surface area contributed by atoms with E-state index < -0.39 is 33.4 Å². The molecule has 6 nitrogen and oxygen atoms in total. The summed E-state index contributed by atoms with van der Waals surface area (Å²) in [6.45, 7) is 7.08. The molecule has 2 aromatic carbocycles. The van der Waals surface area contributed by atoms with Gasteiger partial charge in [0.25, 0.3) is 5.91 Å². The molecule has 148 valence electrons. The lowest BCUT2D eigenvalue weighted by Crippen LogP contribution is -2.54. The Hall–Kier alpha value is -2.51. The standard InChI is InChI=1S/C21H24N2O4S/c1-15-10-12-16(13-11-15)22-19(24)14-18(20(22)25)23(21(2,3)4)28(26,27)17-8-6-5-7-9-17/h5-13,18H,14H2,1-4H3. The van der Waals surface area contributed by atoms with Crippen LogP contribution in [0.15, 0.2) is 59.5 Å². The minimum absolute atomic E-state index is 0.0963. The number of hydrogen-bond donors (Lipinski definition) is 0. The molecule has 1 atom stereocenters. The summed E-state index contributed by atoms with van der Waals surface area (Å²) in [7, 11) is -3.98. The van der Waals surface area contributed by atoms with Gasteiger partial charge in [-0.05, 0) is 52.0 Å². The topological polar surface area (TPSA) is 74.8 Å². The van der Waals surface area contributed by atoms with Crippen LogP contribution in [0, 0.1) is 6.92 Å². The summed E-state index contributed by atoms with van der Waals surface area (Å²) in [6, 6.07) is 13.9. The predicted molar refractivity (Wildman–Crippen MR) is 107 cm³/mol. The minimum atomic E-state index is -3.98. The van der Waals surface area contributed by atoms with Crippen LogP contribution in [0.5, 0.6) is 0 Å². The smallest absolute Gasteiger partial charge is 0.252 e. The zero-order chi connectivity index (χ0) is 20.7. The molecule has 0 saturated carbocycles. The first-order valence-corrected chi connectivity index (χ1v) is 10.5. The highest BCUT2D eigenvalue weighted by atomic mass is 32.2. The molecule has 1 heterocycles. The Morgan fingerprint density at radius 2 is 1.54 bits per heavy atom. The summed E-state index contributed by atoms with van der Waals surface area (Å²) in [4.78, 5) is 27.0. The highest BCUT2D eigenvalue weighted by Crippen LogP contribution is 2.34. The monoisotopic (exact) mass is 400 g/mol. The average molecular weight is 401 g/mol. The molecular weight excluding hydrogens is 376 g/mol. The van der Waals surface area contributed by atoms with Gasteiger partial charge < -0.3 is 0 Å². The quantitative estimate of drug-likeness (QED) is 0.739. The molecule has 1 aliphatic rings. The van der Waals surface area contributed by atoms with Crippen LogP contribution >= 0.6 is 0 Å². The lowest BCUT2D eigenvalue weighted by atomic mass is 10.1. The van der Waals surface area contributed by atoms with E-state index in [1.807, 2.05) is 19.1 Å². The maximum atomic E-state index is 13.3. The van der Waals surface area contributed by atoms with Crippen molar-refractivity contribution in [3.8, 4) is 0 Å². The van der Waals surface area contributed by atoms with E-state index in [-0.39, 0.29) is 11.3 Å². The molecule has 1 saturated heterocycles. The second kappa shape index (κ2) is 7.14. The molecule has 1 fully saturated rings. The third-order valence-corrected chi connectivity index (χ3v) is 6.85. The van der Waals surface area contributed by atoms with Crippen LogP contribution in [0.3, 0.4) is 0 Å². The molecule has 3 rings (SSSR count). The lowest BCUT2D eigenvalue weighted by Gasteiger charge is -2.37. The van der Waals surface area contributed by atoms with Crippen LogP contribution in [0.25, 0.3) is 0 Å². The summed E-state index contributed by atoms with van der Waals surface area (Å²) < 4.78 is 27.9. The Labute approximate surface area is 165 Å². The lowest BCUT2D eigenvalue weighted by molar-refractivity contribution is -0.122. The normalized spacial score (nSPS) is 18.2. The van der Waals surface area contributed by atoms with E-state index in [1.54, 1.807) is 51.1 Å². The van der Waals surface area contributed by atoms with Crippen molar-refractivity contribution in [3.05, 3.63) is 60.2 Å². The van der Waals surface area contributed by atoms with Crippen molar-refractivity contribution in [2.45, 2.75) is 50.6 Å². The Morgan fingerprint density at radius 3 is 2.07 bits per heavy atom. The number of hydrogen-bond acceptors (Lipinski definition) is 4. The first kappa shape index (κ1) is 20.2. The van der Waals surface area contributed by atoms with Gasteiger partial charge in [-0.2, -0.15) is 4.31 Å². The summed E-state index contributed by atoms with van der Waals surface area (Å²) in [5.74, 6) is -0.931. The molecule has 0 radical (unpaired) electrons. The van der Waals surface area contributed by atoms with Gasteiger partial charge in [0, 0.05) is 5.54 Å². The van der Waals surface area contributed by atoms with E-state index in [2.05, 4.69) is 0 Å². The Balaban J connectivity index is 2.04. The summed E-state index contributed by atoms with van der Waals surface area (Å²) in [5.41, 5.74) is 0.565. The summed E-state index contributed by atoms with van der Waals surface area (Å²) in [5, 5.41) is 0. The molecule has 1 aliphatic heterocycles. The van der Waals surface area contributed by atoms with Crippen molar-refractivity contribution in [3.63, 3.8) is 0 Å². The second-order valence-electron chi connectivity index (χ2n) is 7.91. The first-order valence-electron chi connectivity index (χ1n) is 9.06. The van der Waals surface area contributed by atoms with Crippen molar-refractivity contribution in [2.24, 2.45) is 0 Å². The molecule has 0 bridgehead atoms. The number of rotatable bonds is 4. The van der Waals surface area contributed by atoms with Crippen LogP contribution in [0.1, 0.15) is 32.8 Å². The van der Waals surface area contributed by atoms with Gasteiger partial charge >= 0.3 is 0 Å². The third kappa shape index (κ3) is 3.59. The number of carbonyl (C=O) groups is 2. The zero-order valence-corrected chi connectivity index (χ0v) is 17.2. The van der Waals surface area contributed by atoms with Gasteiger partial charge in [-0.3, -0.25) is 9.59 Å². The van der Waals surface area contributed by atoms with E-state index in [0.717, 1.165) is 10.5 Å². The number of amides is 2. The number of aryl methyl sites for hydroxylation is 1. The molecule has 2 aromatic rings. The van der Waals surface area contributed by atoms with Crippen LogP contribution < -0.4 is 4.90 Å². The summed E-state index contributed by atoms with van der Waals surface area (Å²) in [6.07, 6.45) is -0.184. The molecule has 0 aliphatic carbocycles. The van der Waals surface area contributed by atoms with E-state index in [9.17, 15) is 18.0 Å². The molecule has 2 amide bonds. The van der Waals surface area contributed by atoms with Gasteiger partial charge in [0.15, 0.2) is 0 Å². The van der Waals surface area contributed by atoms with Gasteiger partial charge in [0.2, 0.25) is 15.9 Å².